The van der Waals surface area contributed by atoms with E-state index >= 15 is 0 Å². The third kappa shape index (κ3) is 5.72. The number of sulfonamides is 1. The van der Waals surface area contributed by atoms with E-state index in [1.54, 1.807) is 26.0 Å². The first-order valence-electron chi connectivity index (χ1n) is 7.33. The average molecular weight is 344 g/mol. The van der Waals surface area contributed by atoms with Crippen molar-refractivity contribution in [3.05, 3.63) is 23.8 Å². The molecule has 0 aromatic heterocycles. The van der Waals surface area contributed by atoms with Crippen molar-refractivity contribution in [2.75, 3.05) is 12.9 Å². The number of aromatic hydroxyl groups is 1. The predicted molar refractivity (Wildman–Crippen MR) is 87.7 cm³/mol. The smallest absolute Gasteiger partial charge is 0.238 e. The summed E-state index contributed by atoms with van der Waals surface area (Å²) in [5.41, 5.74) is 0.730. The zero-order valence-corrected chi connectivity index (χ0v) is 14.6. The van der Waals surface area contributed by atoms with Crippen LogP contribution in [0.25, 0.3) is 0 Å². The first kappa shape index (κ1) is 19.2. The summed E-state index contributed by atoms with van der Waals surface area (Å²) in [4.78, 5) is 12.3. The summed E-state index contributed by atoms with van der Waals surface area (Å²) in [6.07, 6.45) is 0. The number of methoxy groups -OCH3 is 1. The molecule has 0 unspecified atom stereocenters. The predicted octanol–water partition coefficient (Wildman–Crippen LogP) is 0.981. The summed E-state index contributed by atoms with van der Waals surface area (Å²) in [6.45, 7) is 5.25. The normalized spacial score (nSPS) is 12.9. The number of nitrogens with one attached hydrogen (secondary N) is 2. The van der Waals surface area contributed by atoms with Crippen LogP contribution in [0.2, 0.25) is 0 Å². The summed E-state index contributed by atoms with van der Waals surface area (Å²) in [5, 5.41) is 12.2. The van der Waals surface area contributed by atoms with Crippen molar-refractivity contribution in [3.63, 3.8) is 0 Å². The highest BCUT2D eigenvalue weighted by molar-refractivity contribution is 7.89. The fourth-order valence-corrected chi connectivity index (χ4v) is 2.83. The van der Waals surface area contributed by atoms with Gasteiger partial charge in [0, 0.05) is 6.54 Å². The molecule has 0 fully saturated rings. The Kier molecular flexibility index (Phi) is 6.83. The molecule has 0 heterocycles. The van der Waals surface area contributed by atoms with E-state index in [1.807, 2.05) is 0 Å². The molecule has 0 aliphatic carbocycles. The summed E-state index contributed by atoms with van der Waals surface area (Å²) < 4.78 is 30.8. The number of amides is 1. The third-order valence-corrected chi connectivity index (χ3v) is 4.72. The lowest BCUT2D eigenvalue weighted by Gasteiger charge is -2.21. The lowest BCUT2D eigenvalue weighted by Crippen LogP contribution is -2.49. The van der Waals surface area contributed by atoms with Gasteiger partial charge >= 0.3 is 0 Å². The van der Waals surface area contributed by atoms with Crippen molar-refractivity contribution in [3.8, 4) is 11.5 Å². The van der Waals surface area contributed by atoms with Gasteiger partial charge in [0.2, 0.25) is 15.9 Å². The summed E-state index contributed by atoms with van der Waals surface area (Å²) in [7, 11) is -2.04. The maximum absolute atomic E-state index is 12.3. The molecule has 1 rings (SSSR count). The number of ether oxygens (including phenoxy) is 1. The molecule has 0 spiro atoms. The molecule has 1 amide bonds. The Morgan fingerprint density at radius 3 is 2.52 bits per heavy atom. The lowest BCUT2D eigenvalue weighted by molar-refractivity contribution is -0.123. The van der Waals surface area contributed by atoms with Crippen LogP contribution in [0.3, 0.4) is 0 Å². The summed E-state index contributed by atoms with van der Waals surface area (Å²) in [6, 6.07) is 3.90. The van der Waals surface area contributed by atoms with E-state index in [9.17, 15) is 18.3 Å². The molecule has 0 radical (unpaired) electrons. The van der Waals surface area contributed by atoms with Crippen molar-refractivity contribution in [2.45, 2.75) is 33.4 Å². The van der Waals surface area contributed by atoms with Crippen LogP contribution in [0.4, 0.5) is 0 Å². The molecule has 8 heteroatoms. The Balaban J connectivity index is 2.76. The monoisotopic (exact) mass is 344 g/mol. The number of hydrogen-bond donors (Lipinski definition) is 3. The van der Waals surface area contributed by atoms with Gasteiger partial charge in [-0.2, -0.15) is 0 Å². The van der Waals surface area contributed by atoms with Crippen LogP contribution >= 0.6 is 0 Å². The van der Waals surface area contributed by atoms with Crippen LogP contribution in [0, 0.1) is 5.92 Å². The van der Waals surface area contributed by atoms with Crippen molar-refractivity contribution < 1.29 is 23.1 Å². The van der Waals surface area contributed by atoms with Crippen molar-refractivity contribution in [1.29, 1.82) is 0 Å². The fourth-order valence-electron chi connectivity index (χ4n) is 1.90. The Labute approximate surface area is 137 Å². The number of hydrogen-bond acceptors (Lipinski definition) is 5. The molecule has 0 aliphatic rings. The minimum atomic E-state index is -3.47. The minimum absolute atomic E-state index is 0.0124. The molecule has 0 saturated heterocycles. The Bertz CT molecular complexity index is 643. The van der Waals surface area contributed by atoms with Gasteiger partial charge in [-0.1, -0.05) is 19.9 Å². The van der Waals surface area contributed by atoms with Crippen LogP contribution in [0.15, 0.2) is 18.2 Å². The molecule has 3 N–H and O–H groups in total. The largest absolute Gasteiger partial charge is 0.504 e. The van der Waals surface area contributed by atoms with Crippen LogP contribution in [-0.4, -0.2) is 38.3 Å². The van der Waals surface area contributed by atoms with Gasteiger partial charge in [0.15, 0.2) is 11.5 Å². The minimum Gasteiger partial charge on any atom is -0.504 e. The van der Waals surface area contributed by atoms with E-state index < -0.39 is 22.0 Å². The van der Waals surface area contributed by atoms with E-state index in [-0.39, 0.29) is 24.0 Å². The second-order valence-electron chi connectivity index (χ2n) is 5.47. The zero-order chi connectivity index (χ0) is 17.6. The Morgan fingerprint density at radius 1 is 1.35 bits per heavy atom. The first-order chi connectivity index (χ1) is 10.7. The summed E-state index contributed by atoms with van der Waals surface area (Å²) in [5.74, 6) is -0.351. The van der Waals surface area contributed by atoms with E-state index in [2.05, 4.69) is 10.0 Å². The van der Waals surface area contributed by atoms with Crippen LogP contribution in [-0.2, 0) is 21.4 Å². The standard InChI is InChI=1S/C15H24N2O5S/c1-5-23(20,21)17-14(10(2)3)15(19)16-9-11-6-7-12(18)13(8-11)22-4/h6-8,10,14,17-18H,5,9H2,1-4H3,(H,16,19)/t14-/m0/s1. The topological polar surface area (TPSA) is 105 Å². The van der Waals surface area contributed by atoms with E-state index in [1.165, 1.54) is 20.1 Å². The third-order valence-electron chi connectivity index (χ3n) is 3.35. The van der Waals surface area contributed by atoms with Crippen molar-refractivity contribution >= 4 is 15.9 Å². The van der Waals surface area contributed by atoms with Gasteiger partial charge in [-0.15, -0.1) is 0 Å². The maximum Gasteiger partial charge on any atom is 0.238 e. The number of carbonyl (C=O) groups is 1. The second-order valence-corrected chi connectivity index (χ2v) is 7.51. The van der Waals surface area contributed by atoms with Gasteiger partial charge < -0.3 is 15.2 Å². The van der Waals surface area contributed by atoms with Crippen LogP contribution < -0.4 is 14.8 Å². The van der Waals surface area contributed by atoms with Gasteiger partial charge in [0.1, 0.15) is 6.04 Å². The van der Waals surface area contributed by atoms with E-state index in [0.717, 1.165) is 5.56 Å². The molecule has 7 nitrogen and oxygen atoms in total. The highest BCUT2D eigenvalue weighted by Gasteiger charge is 2.26. The highest BCUT2D eigenvalue weighted by Crippen LogP contribution is 2.26. The van der Waals surface area contributed by atoms with Gasteiger partial charge in [0.25, 0.3) is 0 Å². The van der Waals surface area contributed by atoms with E-state index in [0.29, 0.717) is 5.75 Å². The molecule has 0 saturated carbocycles. The highest BCUT2D eigenvalue weighted by atomic mass is 32.2. The molecule has 0 bridgehead atoms. The number of phenolic OH excluding ortho intramolecular Hbond substituents is 1. The fraction of sp³-hybridized carbons (Fsp3) is 0.533. The van der Waals surface area contributed by atoms with Gasteiger partial charge in [-0.3, -0.25) is 4.79 Å². The number of benzene rings is 1. The SMILES string of the molecule is CCS(=O)(=O)N[C@H](C(=O)NCc1ccc(O)c(OC)c1)C(C)C. The Hall–Kier alpha value is -1.80. The zero-order valence-electron chi connectivity index (χ0n) is 13.8. The molecule has 0 aliphatic heterocycles. The first-order valence-corrected chi connectivity index (χ1v) is 8.99. The molecule has 1 aromatic rings. The maximum atomic E-state index is 12.3. The van der Waals surface area contributed by atoms with Gasteiger partial charge in [-0.05, 0) is 30.5 Å². The number of carbonyl (C=O) groups excluding carboxylic acids is 1. The molecule has 1 aromatic carbocycles. The van der Waals surface area contributed by atoms with Gasteiger partial charge in [0.05, 0.1) is 12.9 Å². The summed E-state index contributed by atoms with van der Waals surface area (Å²) >= 11 is 0. The van der Waals surface area contributed by atoms with Crippen LogP contribution in [0.5, 0.6) is 11.5 Å². The van der Waals surface area contributed by atoms with Crippen LogP contribution in [0.1, 0.15) is 26.3 Å². The average Bonchev–Trinajstić information content (AvgIpc) is 2.51. The molecular weight excluding hydrogens is 320 g/mol. The van der Waals surface area contributed by atoms with Gasteiger partial charge in [-0.25, -0.2) is 13.1 Å². The van der Waals surface area contributed by atoms with Crippen molar-refractivity contribution in [2.24, 2.45) is 5.92 Å². The van der Waals surface area contributed by atoms with E-state index in [4.69, 9.17) is 4.74 Å². The molecular formula is C15H24N2O5S. The van der Waals surface area contributed by atoms with Crippen molar-refractivity contribution in [1.82, 2.24) is 10.0 Å². The molecule has 23 heavy (non-hydrogen) atoms. The quantitative estimate of drug-likeness (QED) is 0.652. The Morgan fingerprint density at radius 2 is 2.00 bits per heavy atom. The lowest BCUT2D eigenvalue weighted by atomic mass is 10.0. The number of rotatable bonds is 8. The molecule has 1 atom stereocenters. The molecule has 130 valence electrons. The number of phenols is 1. The second kappa shape index (κ2) is 8.16.